The number of benzene rings is 1. The maximum atomic E-state index is 12.1. The summed E-state index contributed by atoms with van der Waals surface area (Å²) < 4.78 is 0. The molecule has 0 N–H and O–H groups in total. The van der Waals surface area contributed by atoms with E-state index in [0.717, 1.165) is 18.7 Å². The molecule has 1 aromatic carbocycles. The maximum absolute atomic E-state index is 12.1. The monoisotopic (exact) mass is 274 g/mol. The number of carbonyl (C=O) groups excluding carboxylic acids is 1. The van der Waals surface area contributed by atoms with Crippen molar-refractivity contribution in [3.63, 3.8) is 0 Å². The number of carbonyl (C=O) groups is 1. The highest BCUT2D eigenvalue weighted by atomic mass is 16.1. The molecule has 0 heterocycles. The molecule has 0 aliphatic heterocycles. The Hall–Kier alpha value is -1.19. The standard InChI is InChI=1S/C17H26N2O/c1-18(2)17(11-7-12-17)14-19(3)13-10-16(20)15-8-5-4-6-9-15/h4-6,8-9H,7,10-14H2,1-3H3. The first-order valence-electron chi connectivity index (χ1n) is 7.48. The molecule has 0 spiro atoms. The molecule has 1 aliphatic rings. The Balaban J connectivity index is 1.81. The van der Waals surface area contributed by atoms with Gasteiger partial charge in [-0.15, -0.1) is 0 Å². The largest absolute Gasteiger partial charge is 0.304 e. The zero-order valence-electron chi connectivity index (χ0n) is 12.9. The van der Waals surface area contributed by atoms with E-state index in [-0.39, 0.29) is 5.78 Å². The first-order valence-corrected chi connectivity index (χ1v) is 7.48. The van der Waals surface area contributed by atoms with Crippen LogP contribution in [0.5, 0.6) is 0 Å². The second-order valence-electron chi connectivity index (χ2n) is 6.25. The van der Waals surface area contributed by atoms with Crippen molar-refractivity contribution >= 4 is 5.78 Å². The number of rotatable bonds is 7. The molecule has 20 heavy (non-hydrogen) atoms. The number of Topliss-reactive ketones (excluding diaryl/α,β-unsaturated/α-hetero) is 1. The van der Waals surface area contributed by atoms with E-state index in [0.29, 0.717) is 12.0 Å². The van der Waals surface area contributed by atoms with Crippen molar-refractivity contribution < 1.29 is 4.79 Å². The lowest BCUT2D eigenvalue weighted by Crippen LogP contribution is -2.56. The van der Waals surface area contributed by atoms with Gasteiger partial charge in [0, 0.05) is 30.6 Å². The molecule has 3 nitrogen and oxygen atoms in total. The van der Waals surface area contributed by atoms with Crippen LogP contribution in [0.2, 0.25) is 0 Å². The van der Waals surface area contributed by atoms with Crippen molar-refractivity contribution in [3.8, 4) is 0 Å². The Morgan fingerprint density at radius 2 is 1.80 bits per heavy atom. The minimum atomic E-state index is 0.241. The van der Waals surface area contributed by atoms with Gasteiger partial charge in [-0.3, -0.25) is 4.79 Å². The number of hydrogen-bond donors (Lipinski definition) is 0. The molecule has 0 radical (unpaired) electrons. The molecule has 1 aromatic rings. The van der Waals surface area contributed by atoms with Gasteiger partial charge in [-0.2, -0.15) is 0 Å². The van der Waals surface area contributed by atoms with Gasteiger partial charge in [-0.1, -0.05) is 30.3 Å². The molecule has 1 aliphatic carbocycles. The van der Waals surface area contributed by atoms with E-state index >= 15 is 0 Å². The van der Waals surface area contributed by atoms with Crippen LogP contribution >= 0.6 is 0 Å². The minimum Gasteiger partial charge on any atom is -0.304 e. The quantitative estimate of drug-likeness (QED) is 0.714. The molecular weight excluding hydrogens is 248 g/mol. The predicted octanol–water partition coefficient (Wildman–Crippen LogP) is 2.68. The van der Waals surface area contributed by atoms with E-state index in [2.05, 4.69) is 30.9 Å². The van der Waals surface area contributed by atoms with Gasteiger partial charge in [-0.25, -0.2) is 0 Å². The summed E-state index contributed by atoms with van der Waals surface area (Å²) in [6.45, 7) is 1.89. The first kappa shape index (κ1) is 15.2. The Bertz CT molecular complexity index is 438. The number of nitrogens with zero attached hydrogens (tertiary/aromatic N) is 2. The number of likely N-dealkylation sites (N-methyl/N-ethyl adjacent to an activating group) is 2. The third-order valence-electron chi connectivity index (χ3n) is 4.61. The fourth-order valence-electron chi connectivity index (χ4n) is 2.97. The van der Waals surface area contributed by atoms with Crippen LogP contribution in [0.1, 0.15) is 36.0 Å². The van der Waals surface area contributed by atoms with Crippen LogP contribution in [-0.4, -0.2) is 55.4 Å². The van der Waals surface area contributed by atoms with E-state index in [1.165, 1.54) is 19.3 Å². The topological polar surface area (TPSA) is 23.6 Å². The van der Waals surface area contributed by atoms with Gasteiger partial charge in [0.25, 0.3) is 0 Å². The summed E-state index contributed by atoms with van der Waals surface area (Å²) in [4.78, 5) is 16.8. The van der Waals surface area contributed by atoms with Gasteiger partial charge >= 0.3 is 0 Å². The fourth-order valence-corrected chi connectivity index (χ4v) is 2.97. The zero-order valence-corrected chi connectivity index (χ0v) is 12.9. The highest BCUT2D eigenvalue weighted by molar-refractivity contribution is 5.96. The van der Waals surface area contributed by atoms with E-state index in [1.807, 2.05) is 30.3 Å². The van der Waals surface area contributed by atoms with Crippen molar-refractivity contribution in [2.45, 2.75) is 31.2 Å². The average molecular weight is 274 g/mol. The lowest BCUT2D eigenvalue weighted by Gasteiger charge is -2.49. The Kier molecular flexibility index (Phi) is 4.95. The molecular formula is C17H26N2O. The molecule has 0 amide bonds. The highest BCUT2D eigenvalue weighted by Gasteiger charge is 2.39. The van der Waals surface area contributed by atoms with Crippen molar-refractivity contribution in [3.05, 3.63) is 35.9 Å². The zero-order chi connectivity index (χ0) is 14.6. The van der Waals surface area contributed by atoms with Crippen LogP contribution in [0.3, 0.4) is 0 Å². The summed E-state index contributed by atoms with van der Waals surface area (Å²) in [6.07, 6.45) is 4.48. The van der Waals surface area contributed by atoms with Crippen molar-refractivity contribution in [1.82, 2.24) is 9.80 Å². The molecule has 1 saturated carbocycles. The molecule has 0 unspecified atom stereocenters. The van der Waals surface area contributed by atoms with Crippen molar-refractivity contribution in [1.29, 1.82) is 0 Å². The number of ketones is 1. The van der Waals surface area contributed by atoms with Crippen LogP contribution in [-0.2, 0) is 0 Å². The van der Waals surface area contributed by atoms with Gasteiger partial charge in [-0.05, 0) is 40.4 Å². The molecule has 0 bridgehead atoms. The Labute approximate surface area is 122 Å². The molecule has 1 fully saturated rings. The van der Waals surface area contributed by atoms with Crippen molar-refractivity contribution in [2.24, 2.45) is 0 Å². The summed E-state index contributed by atoms with van der Waals surface area (Å²) in [7, 11) is 6.46. The van der Waals surface area contributed by atoms with Gasteiger partial charge < -0.3 is 9.80 Å². The third-order valence-corrected chi connectivity index (χ3v) is 4.61. The van der Waals surface area contributed by atoms with E-state index in [1.54, 1.807) is 0 Å². The Morgan fingerprint density at radius 1 is 1.15 bits per heavy atom. The summed E-state index contributed by atoms with van der Waals surface area (Å²) in [5, 5.41) is 0. The second kappa shape index (κ2) is 6.51. The Morgan fingerprint density at radius 3 is 2.30 bits per heavy atom. The SMILES string of the molecule is CN(CCC(=O)c1ccccc1)CC1(N(C)C)CCC1. The molecule has 0 atom stereocenters. The molecule has 0 saturated heterocycles. The normalized spacial score (nSPS) is 17.2. The lowest BCUT2D eigenvalue weighted by molar-refractivity contribution is 0.0276. The summed E-state index contributed by atoms with van der Waals surface area (Å²) >= 11 is 0. The predicted molar refractivity (Wildman–Crippen MR) is 83.2 cm³/mol. The first-order chi connectivity index (χ1) is 9.53. The lowest BCUT2D eigenvalue weighted by atomic mass is 9.75. The average Bonchev–Trinajstić information content (AvgIpc) is 2.40. The van der Waals surface area contributed by atoms with Gasteiger partial charge in [0.2, 0.25) is 0 Å². The summed E-state index contributed by atoms with van der Waals surface area (Å²) in [6, 6.07) is 9.59. The van der Waals surface area contributed by atoms with Crippen LogP contribution in [0.4, 0.5) is 0 Å². The third kappa shape index (κ3) is 3.47. The van der Waals surface area contributed by atoms with Crippen LogP contribution in [0.25, 0.3) is 0 Å². The van der Waals surface area contributed by atoms with Crippen LogP contribution < -0.4 is 0 Å². The smallest absolute Gasteiger partial charge is 0.164 e. The van der Waals surface area contributed by atoms with E-state index < -0.39 is 0 Å². The molecule has 3 heteroatoms. The van der Waals surface area contributed by atoms with Crippen molar-refractivity contribution in [2.75, 3.05) is 34.2 Å². The second-order valence-corrected chi connectivity index (χ2v) is 6.25. The minimum absolute atomic E-state index is 0.241. The van der Waals surface area contributed by atoms with E-state index in [9.17, 15) is 4.79 Å². The molecule has 2 rings (SSSR count). The summed E-state index contributed by atoms with van der Waals surface area (Å²) in [5.41, 5.74) is 1.16. The van der Waals surface area contributed by atoms with Crippen LogP contribution in [0, 0.1) is 0 Å². The summed E-state index contributed by atoms with van der Waals surface area (Å²) in [5.74, 6) is 0.241. The van der Waals surface area contributed by atoms with E-state index in [4.69, 9.17) is 0 Å². The van der Waals surface area contributed by atoms with Crippen LogP contribution in [0.15, 0.2) is 30.3 Å². The molecule has 110 valence electrons. The maximum Gasteiger partial charge on any atom is 0.164 e. The van der Waals surface area contributed by atoms with Gasteiger partial charge in [0.05, 0.1) is 0 Å². The molecule has 0 aromatic heterocycles. The van der Waals surface area contributed by atoms with Gasteiger partial charge in [0.1, 0.15) is 0 Å². The highest BCUT2D eigenvalue weighted by Crippen LogP contribution is 2.36. The fraction of sp³-hybridized carbons (Fsp3) is 0.588. The number of hydrogen-bond acceptors (Lipinski definition) is 3. The van der Waals surface area contributed by atoms with Gasteiger partial charge in [0.15, 0.2) is 5.78 Å².